The zero-order valence-corrected chi connectivity index (χ0v) is 14.3. The number of rotatable bonds is 6. The van der Waals surface area contributed by atoms with Crippen LogP contribution in [-0.4, -0.2) is 29.8 Å². The maximum absolute atomic E-state index is 12.5. The Hall–Kier alpha value is -2.56. The van der Waals surface area contributed by atoms with E-state index in [4.69, 9.17) is 4.42 Å². The molecular formula is C20H22N2O3. The molecule has 4 rings (SSSR count). The Morgan fingerprint density at radius 2 is 1.96 bits per heavy atom. The minimum Gasteiger partial charge on any atom is -0.469 e. The van der Waals surface area contributed by atoms with Gasteiger partial charge in [0.15, 0.2) is 0 Å². The van der Waals surface area contributed by atoms with Gasteiger partial charge in [0.05, 0.1) is 6.26 Å². The summed E-state index contributed by atoms with van der Waals surface area (Å²) in [4.78, 5) is 26.3. The third kappa shape index (κ3) is 3.60. The fraction of sp³-hybridized carbons (Fsp3) is 0.400. The second-order valence-electron chi connectivity index (χ2n) is 7.10. The molecule has 0 spiro atoms. The molecule has 2 atom stereocenters. The van der Waals surface area contributed by atoms with Gasteiger partial charge in [0.2, 0.25) is 5.91 Å². The Morgan fingerprint density at radius 1 is 1.20 bits per heavy atom. The minimum atomic E-state index is -0.0160. The van der Waals surface area contributed by atoms with E-state index in [2.05, 4.69) is 5.32 Å². The molecule has 5 nitrogen and oxygen atoms in total. The maximum Gasteiger partial charge on any atom is 0.251 e. The van der Waals surface area contributed by atoms with E-state index >= 15 is 0 Å². The molecule has 5 heteroatoms. The molecule has 0 saturated heterocycles. The van der Waals surface area contributed by atoms with Crippen molar-refractivity contribution in [3.63, 3.8) is 0 Å². The highest BCUT2D eigenvalue weighted by molar-refractivity contribution is 5.94. The molecule has 2 fully saturated rings. The van der Waals surface area contributed by atoms with Gasteiger partial charge in [0, 0.05) is 37.0 Å². The van der Waals surface area contributed by atoms with Crippen LogP contribution in [0.1, 0.15) is 46.9 Å². The summed E-state index contributed by atoms with van der Waals surface area (Å²) in [5, 5.41) is 2.98. The van der Waals surface area contributed by atoms with Crippen molar-refractivity contribution in [2.75, 3.05) is 7.05 Å². The lowest BCUT2D eigenvalue weighted by atomic mass is 10.1. The number of furan rings is 1. The number of nitrogens with zero attached hydrogens (tertiary/aromatic N) is 1. The van der Waals surface area contributed by atoms with Gasteiger partial charge in [-0.15, -0.1) is 0 Å². The summed E-state index contributed by atoms with van der Waals surface area (Å²) in [5.74, 6) is 1.28. The molecule has 2 saturated carbocycles. The van der Waals surface area contributed by atoms with Gasteiger partial charge in [-0.2, -0.15) is 0 Å². The van der Waals surface area contributed by atoms with Gasteiger partial charge < -0.3 is 14.6 Å². The summed E-state index contributed by atoms with van der Waals surface area (Å²) < 4.78 is 5.39. The van der Waals surface area contributed by atoms with Crippen LogP contribution in [0.15, 0.2) is 47.1 Å². The van der Waals surface area contributed by atoms with Gasteiger partial charge >= 0.3 is 0 Å². The first-order valence-corrected chi connectivity index (χ1v) is 8.80. The van der Waals surface area contributed by atoms with Crippen molar-refractivity contribution < 1.29 is 14.0 Å². The monoisotopic (exact) mass is 338 g/mol. The van der Waals surface area contributed by atoms with Crippen LogP contribution in [0.2, 0.25) is 0 Å². The average molecular weight is 338 g/mol. The molecule has 0 unspecified atom stereocenters. The van der Waals surface area contributed by atoms with Crippen LogP contribution in [0.4, 0.5) is 0 Å². The zero-order chi connectivity index (χ0) is 17.4. The summed E-state index contributed by atoms with van der Waals surface area (Å²) in [6.45, 7) is 0.546. The summed E-state index contributed by atoms with van der Waals surface area (Å²) in [7, 11) is 1.83. The molecule has 25 heavy (non-hydrogen) atoms. The fourth-order valence-corrected chi connectivity index (χ4v) is 3.18. The Bertz CT molecular complexity index is 763. The van der Waals surface area contributed by atoms with Crippen molar-refractivity contribution in [1.29, 1.82) is 0 Å². The molecule has 2 aliphatic carbocycles. The van der Waals surface area contributed by atoms with Crippen molar-refractivity contribution >= 4 is 11.8 Å². The topological polar surface area (TPSA) is 62.6 Å². The lowest BCUT2D eigenvalue weighted by molar-refractivity contribution is -0.131. The summed E-state index contributed by atoms with van der Waals surface area (Å²) in [5.41, 5.74) is 1.69. The SMILES string of the molecule is CN(Cc1ccc(C(=O)NC2CC2)cc1)C(=O)[C@H]1C[C@H]1c1ccco1. The van der Waals surface area contributed by atoms with Gasteiger partial charge in [-0.1, -0.05) is 12.1 Å². The van der Waals surface area contributed by atoms with E-state index in [0.717, 1.165) is 30.6 Å². The lowest BCUT2D eigenvalue weighted by Gasteiger charge is -2.17. The number of carbonyl (C=O) groups is 2. The molecule has 0 radical (unpaired) electrons. The smallest absolute Gasteiger partial charge is 0.251 e. The molecule has 1 aromatic carbocycles. The second kappa shape index (κ2) is 6.39. The number of amides is 2. The number of nitrogens with one attached hydrogen (secondary N) is 1. The normalized spacial score (nSPS) is 21.6. The lowest BCUT2D eigenvalue weighted by Crippen LogP contribution is -2.28. The van der Waals surface area contributed by atoms with Gasteiger partial charge in [-0.05, 0) is 49.1 Å². The van der Waals surface area contributed by atoms with E-state index in [1.165, 1.54) is 0 Å². The van der Waals surface area contributed by atoms with Crippen LogP contribution in [0, 0.1) is 5.92 Å². The molecule has 0 aliphatic heterocycles. The largest absolute Gasteiger partial charge is 0.469 e. The number of carbonyl (C=O) groups excluding carboxylic acids is 2. The first-order chi connectivity index (χ1) is 12.1. The summed E-state index contributed by atoms with van der Waals surface area (Å²) in [6, 6.07) is 11.6. The Balaban J connectivity index is 1.32. The predicted octanol–water partition coefficient (Wildman–Crippen LogP) is 2.93. The Morgan fingerprint density at radius 3 is 2.60 bits per heavy atom. The van der Waals surface area contributed by atoms with Crippen molar-refractivity contribution in [2.45, 2.75) is 37.8 Å². The van der Waals surface area contributed by atoms with Gasteiger partial charge in [-0.25, -0.2) is 0 Å². The van der Waals surface area contributed by atoms with Crippen molar-refractivity contribution in [3.8, 4) is 0 Å². The summed E-state index contributed by atoms with van der Waals surface area (Å²) >= 11 is 0. The molecule has 0 bridgehead atoms. The van der Waals surface area contributed by atoms with Crippen LogP contribution in [0.3, 0.4) is 0 Å². The first kappa shape index (κ1) is 15.9. The highest BCUT2D eigenvalue weighted by Crippen LogP contribution is 2.48. The highest BCUT2D eigenvalue weighted by atomic mass is 16.3. The van der Waals surface area contributed by atoms with Crippen molar-refractivity contribution in [1.82, 2.24) is 10.2 Å². The molecule has 2 aliphatic rings. The third-order valence-corrected chi connectivity index (χ3v) is 4.94. The minimum absolute atomic E-state index is 0.0160. The maximum atomic E-state index is 12.5. The Kier molecular flexibility index (Phi) is 4.07. The molecule has 2 amide bonds. The van der Waals surface area contributed by atoms with Gasteiger partial charge in [-0.3, -0.25) is 9.59 Å². The molecule has 1 aromatic heterocycles. The molecular weight excluding hydrogens is 316 g/mol. The van der Waals surface area contributed by atoms with E-state index in [1.807, 2.05) is 43.4 Å². The van der Waals surface area contributed by atoms with E-state index in [-0.39, 0.29) is 23.7 Å². The fourth-order valence-electron chi connectivity index (χ4n) is 3.18. The van der Waals surface area contributed by atoms with Crippen LogP contribution in [-0.2, 0) is 11.3 Å². The van der Waals surface area contributed by atoms with E-state index in [1.54, 1.807) is 11.2 Å². The van der Waals surface area contributed by atoms with Crippen LogP contribution in [0.25, 0.3) is 0 Å². The number of hydrogen-bond donors (Lipinski definition) is 1. The van der Waals surface area contributed by atoms with Crippen molar-refractivity contribution in [3.05, 3.63) is 59.5 Å². The van der Waals surface area contributed by atoms with Crippen molar-refractivity contribution in [2.24, 2.45) is 5.92 Å². The third-order valence-electron chi connectivity index (χ3n) is 4.94. The molecule has 1 heterocycles. The zero-order valence-electron chi connectivity index (χ0n) is 14.3. The molecule has 2 aromatic rings. The van der Waals surface area contributed by atoms with Crippen LogP contribution >= 0.6 is 0 Å². The molecule has 1 N–H and O–H groups in total. The first-order valence-electron chi connectivity index (χ1n) is 8.80. The number of hydrogen-bond acceptors (Lipinski definition) is 3. The number of benzene rings is 1. The van der Waals surface area contributed by atoms with Gasteiger partial charge in [0.1, 0.15) is 5.76 Å². The Labute approximate surface area is 147 Å². The average Bonchev–Trinajstić information content (AvgIpc) is 3.54. The molecule has 130 valence electrons. The van der Waals surface area contributed by atoms with Crippen LogP contribution in [0.5, 0.6) is 0 Å². The van der Waals surface area contributed by atoms with Gasteiger partial charge in [0.25, 0.3) is 5.91 Å². The van der Waals surface area contributed by atoms with E-state index in [0.29, 0.717) is 18.2 Å². The van der Waals surface area contributed by atoms with E-state index < -0.39 is 0 Å². The van der Waals surface area contributed by atoms with E-state index in [9.17, 15) is 9.59 Å². The highest BCUT2D eigenvalue weighted by Gasteiger charge is 2.46. The predicted molar refractivity (Wildman–Crippen MR) is 93.0 cm³/mol. The summed E-state index contributed by atoms with van der Waals surface area (Å²) in [6.07, 6.45) is 4.67. The standard InChI is InChI=1S/C20H22N2O3/c1-22(20(24)17-11-16(17)18-3-2-10-25-18)12-13-4-6-14(7-5-13)19(23)21-15-8-9-15/h2-7,10,15-17H,8-9,11-12H2,1H3,(H,21,23)/t16-,17+/m1/s1. The second-order valence-corrected chi connectivity index (χ2v) is 7.10. The quantitative estimate of drug-likeness (QED) is 0.881. The van der Waals surface area contributed by atoms with Crippen LogP contribution < -0.4 is 5.32 Å².